The van der Waals surface area contributed by atoms with Gasteiger partial charge < -0.3 is 14.6 Å². The normalized spacial score (nSPS) is 23.2. The van der Waals surface area contributed by atoms with Crippen molar-refractivity contribution in [2.75, 3.05) is 7.11 Å². The average molecular weight is 457 g/mol. The summed E-state index contributed by atoms with van der Waals surface area (Å²) in [5, 5.41) is 4.20. The van der Waals surface area contributed by atoms with E-state index in [1.807, 2.05) is 12.1 Å². The lowest BCUT2D eigenvalue weighted by Crippen LogP contribution is -2.54. The zero-order valence-electron chi connectivity index (χ0n) is 18.1. The van der Waals surface area contributed by atoms with E-state index in [0.717, 1.165) is 10.5 Å². The van der Waals surface area contributed by atoms with Crippen LogP contribution in [-0.4, -0.2) is 46.0 Å². The van der Waals surface area contributed by atoms with Crippen molar-refractivity contribution in [3.8, 4) is 5.75 Å². The third-order valence-corrected chi connectivity index (χ3v) is 6.28. The van der Waals surface area contributed by atoms with E-state index in [0.29, 0.717) is 28.4 Å². The fraction of sp³-hybridized carbons (Fsp3) is 0.304. The van der Waals surface area contributed by atoms with Crippen LogP contribution in [0.1, 0.15) is 24.2 Å². The molecule has 3 heterocycles. The molecule has 0 spiro atoms. The molecule has 10 heteroatoms. The number of hydrogen-bond acceptors (Lipinski definition) is 5. The first-order valence-electron chi connectivity index (χ1n) is 10.4. The highest BCUT2D eigenvalue weighted by molar-refractivity contribution is 6.20. The van der Waals surface area contributed by atoms with Crippen LogP contribution in [0.15, 0.2) is 54.2 Å². The van der Waals surface area contributed by atoms with Gasteiger partial charge in [0.15, 0.2) is 0 Å². The lowest BCUT2D eigenvalue weighted by molar-refractivity contribution is -0.161. The second-order valence-electron chi connectivity index (χ2n) is 8.17. The van der Waals surface area contributed by atoms with Gasteiger partial charge in [-0.2, -0.15) is 13.2 Å². The number of hydrogen-bond donors (Lipinski definition) is 2. The van der Waals surface area contributed by atoms with Crippen LogP contribution < -0.4 is 15.5 Å². The van der Waals surface area contributed by atoms with Crippen LogP contribution in [0.4, 0.5) is 13.2 Å². The highest BCUT2D eigenvalue weighted by Gasteiger charge is 2.58. The molecular formula is C23H22F3N5O2. The van der Waals surface area contributed by atoms with Gasteiger partial charge in [-0.05, 0) is 24.6 Å². The number of fused-ring (bicyclic) bond motifs is 2. The molecule has 0 saturated carbocycles. The molecule has 7 nitrogen and oxygen atoms in total. The second-order valence-corrected chi connectivity index (χ2v) is 8.17. The number of alkyl halides is 3. The van der Waals surface area contributed by atoms with Crippen LogP contribution in [0, 0.1) is 0 Å². The van der Waals surface area contributed by atoms with Gasteiger partial charge in [0.05, 0.1) is 18.5 Å². The van der Waals surface area contributed by atoms with E-state index in [1.54, 1.807) is 54.9 Å². The van der Waals surface area contributed by atoms with Gasteiger partial charge in [-0.1, -0.05) is 36.4 Å². The summed E-state index contributed by atoms with van der Waals surface area (Å²) in [6.45, 7) is 1.68. The van der Waals surface area contributed by atoms with Crippen LogP contribution >= 0.6 is 0 Å². The topological polar surface area (TPSA) is 71.4 Å². The maximum atomic E-state index is 14.0. The number of ether oxygens (including phenoxy) is 1. The summed E-state index contributed by atoms with van der Waals surface area (Å²) in [6, 6.07) is 11.9. The summed E-state index contributed by atoms with van der Waals surface area (Å²) in [5.41, 5.74) is 4.89. The van der Waals surface area contributed by atoms with Crippen LogP contribution in [0.3, 0.4) is 0 Å². The van der Waals surface area contributed by atoms with E-state index in [2.05, 4.69) is 15.7 Å². The van der Waals surface area contributed by atoms with Crippen LogP contribution in [0.2, 0.25) is 0 Å². The zero-order chi connectivity index (χ0) is 23.5. The number of para-hydroxylation sites is 1. The number of aryl methyl sites for hydroxylation is 1. The van der Waals surface area contributed by atoms with Gasteiger partial charge in [0, 0.05) is 12.7 Å². The van der Waals surface area contributed by atoms with Crippen LogP contribution in [-0.2, 0) is 11.8 Å². The Labute approximate surface area is 187 Å². The van der Waals surface area contributed by atoms with Crippen molar-refractivity contribution in [1.82, 2.24) is 25.3 Å². The molecule has 2 N–H and O–H groups in total. The van der Waals surface area contributed by atoms with E-state index >= 15 is 0 Å². The fourth-order valence-electron chi connectivity index (χ4n) is 4.73. The minimum atomic E-state index is -4.56. The number of halogens is 3. The molecular weight excluding hydrogens is 435 g/mol. The van der Waals surface area contributed by atoms with Gasteiger partial charge in [-0.15, -0.1) is 0 Å². The Morgan fingerprint density at radius 3 is 2.48 bits per heavy atom. The standard InChI is InChI=1S/C23H22F3N5O2/c1-12-16(20-28-18-14(30(20)2)10-7-11-15(18)33-3)22(32)31-21(27-12)17(13-8-5-4-6-9-13)19(29-31)23(24,25)26/h4-11,17,19,21,27,29H,1-3H3. The van der Waals surface area contributed by atoms with Crippen molar-refractivity contribution in [3.05, 3.63) is 65.6 Å². The molecule has 1 fully saturated rings. The molecule has 1 saturated heterocycles. The van der Waals surface area contributed by atoms with Crippen molar-refractivity contribution in [2.45, 2.75) is 31.2 Å². The number of aromatic nitrogens is 2. The Hall–Kier alpha value is -3.53. The molecule has 2 aromatic carbocycles. The lowest BCUT2D eigenvalue weighted by Gasteiger charge is -2.34. The number of rotatable bonds is 3. The van der Waals surface area contributed by atoms with Crippen molar-refractivity contribution >= 4 is 22.5 Å². The minimum Gasteiger partial charge on any atom is -0.494 e. The Kier molecular flexibility index (Phi) is 4.86. The SMILES string of the molecule is COc1cccc2c1nc(C1=C(C)NC3C(c4ccccc4)C(C(F)(F)F)NN3C1=O)n2C. The molecule has 3 aromatic rings. The molecule has 0 radical (unpaired) electrons. The Morgan fingerprint density at radius 2 is 1.82 bits per heavy atom. The predicted octanol–water partition coefficient (Wildman–Crippen LogP) is 3.30. The van der Waals surface area contributed by atoms with Crippen LogP contribution in [0.25, 0.3) is 16.6 Å². The van der Waals surface area contributed by atoms with E-state index in [4.69, 9.17) is 4.74 Å². The Bertz CT molecular complexity index is 1270. The molecule has 0 bridgehead atoms. The summed E-state index contributed by atoms with van der Waals surface area (Å²) >= 11 is 0. The molecule has 0 aliphatic carbocycles. The quantitative estimate of drug-likeness (QED) is 0.632. The first kappa shape index (κ1) is 21.3. The molecule has 3 unspecified atom stereocenters. The van der Waals surface area contributed by atoms with E-state index < -0.39 is 30.2 Å². The summed E-state index contributed by atoms with van der Waals surface area (Å²) in [7, 11) is 3.28. The van der Waals surface area contributed by atoms with Gasteiger partial charge in [0.1, 0.15) is 34.9 Å². The fourth-order valence-corrected chi connectivity index (χ4v) is 4.73. The maximum absolute atomic E-state index is 14.0. The van der Waals surface area contributed by atoms with Gasteiger partial charge >= 0.3 is 6.18 Å². The number of carbonyl (C=O) groups is 1. The number of amides is 1. The average Bonchev–Trinajstić information content (AvgIpc) is 3.33. The van der Waals surface area contributed by atoms with Crippen molar-refractivity contribution < 1.29 is 22.7 Å². The summed E-state index contributed by atoms with van der Waals surface area (Å²) in [4.78, 5) is 18.2. The first-order chi connectivity index (χ1) is 15.7. The molecule has 172 valence electrons. The number of nitrogens with zero attached hydrogens (tertiary/aromatic N) is 3. The van der Waals surface area contributed by atoms with Crippen LogP contribution in [0.5, 0.6) is 5.75 Å². The number of nitrogens with one attached hydrogen (secondary N) is 2. The molecule has 2 aliphatic heterocycles. The highest BCUT2D eigenvalue weighted by atomic mass is 19.4. The van der Waals surface area contributed by atoms with Gasteiger partial charge in [-0.25, -0.2) is 15.4 Å². The molecule has 1 aromatic heterocycles. The number of hydrazine groups is 1. The molecule has 33 heavy (non-hydrogen) atoms. The van der Waals surface area contributed by atoms with Crippen molar-refractivity contribution in [3.63, 3.8) is 0 Å². The lowest BCUT2D eigenvalue weighted by atomic mass is 9.89. The zero-order valence-corrected chi connectivity index (χ0v) is 18.1. The highest BCUT2D eigenvalue weighted by Crippen LogP contribution is 2.42. The maximum Gasteiger partial charge on any atom is 0.406 e. The third kappa shape index (κ3) is 3.24. The third-order valence-electron chi connectivity index (χ3n) is 6.28. The summed E-state index contributed by atoms with van der Waals surface area (Å²) < 4.78 is 49.1. The second kappa shape index (κ2) is 7.51. The largest absolute Gasteiger partial charge is 0.494 e. The smallest absolute Gasteiger partial charge is 0.406 e. The number of allylic oxidation sites excluding steroid dienone is 1. The Morgan fingerprint density at radius 1 is 1.09 bits per heavy atom. The summed E-state index contributed by atoms with van der Waals surface area (Å²) in [5.74, 6) is -0.702. The Balaban J connectivity index is 1.61. The van der Waals surface area contributed by atoms with Crippen molar-refractivity contribution in [2.24, 2.45) is 7.05 Å². The number of methoxy groups -OCH3 is 1. The predicted molar refractivity (Wildman–Crippen MR) is 116 cm³/mol. The van der Waals surface area contributed by atoms with Gasteiger partial charge in [-0.3, -0.25) is 4.79 Å². The van der Waals surface area contributed by atoms with Gasteiger partial charge in [0.2, 0.25) is 0 Å². The monoisotopic (exact) mass is 457 g/mol. The van der Waals surface area contributed by atoms with Crippen molar-refractivity contribution in [1.29, 1.82) is 0 Å². The summed E-state index contributed by atoms with van der Waals surface area (Å²) in [6.07, 6.45) is -5.46. The van der Waals surface area contributed by atoms with Gasteiger partial charge in [0.25, 0.3) is 5.91 Å². The number of imidazole rings is 1. The number of benzene rings is 2. The van der Waals surface area contributed by atoms with E-state index in [9.17, 15) is 18.0 Å². The van der Waals surface area contributed by atoms with E-state index in [-0.39, 0.29) is 5.57 Å². The molecule has 3 atom stereocenters. The number of carbonyl (C=O) groups excluding carboxylic acids is 1. The molecule has 1 amide bonds. The molecule has 2 aliphatic rings. The minimum absolute atomic E-state index is 0.203. The first-order valence-corrected chi connectivity index (χ1v) is 10.4. The van der Waals surface area contributed by atoms with E-state index in [1.165, 1.54) is 7.11 Å². The molecule has 5 rings (SSSR count).